The second-order valence-electron chi connectivity index (χ2n) is 2.11. The molecular formula is C6H13NO. The summed E-state index contributed by atoms with van der Waals surface area (Å²) in [6.07, 6.45) is 1.61. The standard InChI is InChI=1S/C6H13NO/c1-2-6-5-7-3-4-8-6/h6-7H,2-5H2,1H3/t6-/m1/s1. The zero-order valence-corrected chi connectivity index (χ0v) is 5.31. The number of nitrogens with one attached hydrogen (secondary N) is 1. The van der Waals surface area contributed by atoms with Crippen molar-refractivity contribution in [3.05, 3.63) is 0 Å². The van der Waals surface area contributed by atoms with Crippen LogP contribution in [0.25, 0.3) is 0 Å². The molecule has 0 radical (unpaired) electrons. The molecule has 2 nitrogen and oxygen atoms in total. The third-order valence-corrected chi connectivity index (χ3v) is 1.46. The monoisotopic (exact) mass is 115 g/mol. The molecule has 1 heterocycles. The lowest BCUT2D eigenvalue weighted by molar-refractivity contribution is 0.0267. The highest BCUT2D eigenvalue weighted by molar-refractivity contribution is 4.63. The predicted octanol–water partition coefficient (Wildman–Crippen LogP) is 0.385. The topological polar surface area (TPSA) is 21.3 Å². The van der Waals surface area contributed by atoms with Gasteiger partial charge in [-0.15, -0.1) is 0 Å². The van der Waals surface area contributed by atoms with Gasteiger partial charge in [0.2, 0.25) is 0 Å². The summed E-state index contributed by atoms with van der Waals surface area (Å²) in [4.78, 5) is 0. The van der Waals surface area contributed by atoms with Gasteiger partial charge in [0.1, 0.15) is 0 Å². The van der Waals surface area contributed by atoms with Crippen molar-refractivity contribution >= 4 is 0 Å². The van der Waals surface area contributed by atoms with Crippen molar-refractivity contribution < 1.29 is 4.74 Å². The Labute approximate surface area is 50.2 Å². The molecule has 1 aliphatic heterocycles. The van der Waals surface area contributed by atoms with Gasteiger partial charge in [0.15, 0.2) is 0 Å². The highest BCUT2D eigenvalue weighted by Crippen LogP contribution is 1.98. The predicted molar refractivity (Wildman–Crippen MR) is 32.9 cm³/mol. The van der Waals surface area contributed by atoms with Crippen molar-refractivity contribution in [2.45, 2.75) is 19.4 Å². The van der Waals surface area contributed by atoms with E-state index in [0.717, 1.165) is 26.1 Å². The van der Waals surface area contributed by atoms with Crippen molar-refractivity contribution in [3.8, 4) is 0 Å². The van der Waals surface area contributed by atoms with Gasteiger partial charge in [-0.25, -0.2) is 0 Å². The Kier molecular flexibility index (Phi) is 2.30. The summed E-state index contributed by atoms with van der Waals surface area (Å²) in [5, 5.41) is 3.26. The molecule has 1 aliphatic rings. The summed E-state index contributed by atoms with van der Waals surface area (Å²) in [5.74, 6) is 0. The van der Waals surface area contributed by atoms with Crippen LogP contribution >= 0.6 is 0 Å². The normalized spacial score (nSPS) is 30.4. The molecular weight excluding hydrogens is 102 g/mol. The van der Waals surface area contributed by atoms with Crippen LogP contribution in [0.1, 0.15) is 13.3 Å². The van der Waals surface area contributed by atoms with Gasteiger partial charge in [-0.2, -0.15) is 0 Å². The molecule has 0 saturated carbocycles. The summed E-state index contributed by atoms with van der Waals surface area (Å²) < 4.78 is 5.36. The summed E-state index contributed by atoms with van der Waals surface area (Å²) in [6, 6.07) is 0. The Morgan fingerprint density at radius 2 is 2.62 bits per heavy atom. The van der Waals surface area contributed by atoms with Crippen molar-refractivity contribution in [3.63, 3.8) is 0 Å². The van der Waals surface area contributed by atoms with Gasteiger partial charge in [0.25, 0.3) is 0 Å². The van der Waals surface area contributed by atoms with E-state index in [1.54, 1.807) is 0 Å². The average Bonchev–Trinajstić information content (AvgIpc) is 1.90. The first kappa shape index (κ1) is 6.05. The molecule has 0 spiro atoms. The SMILES string of the molecule is CC[C@@H]1CNCCO1. The van der Waals surface area contributed by atoms with Gasteiger partial charge >= 0.3 is 0 Å². The van der Waals surface area contributed by atoms with E-state index in [0.29, 0.717) is 6.10 Å². The van der Waals surface area contributed by atoms with Gasteiger partial charge in [0.05, 0.1) is 12.7 Å². The molecule has 0 aromatic rings. The van der Waals surface area contributed by atoms with E-state index in [4.69, 9.17) is 4.74 Å². The molecule has 8 heavy (non-hydrogen) atoms. The summed E-state index contributed by atoms with van der Waals surface area (Å²) in [7, 11) is 0. The third kappa shape index (κ3) is 1.46. The lowest BCUT2D eigenvalue weighted by Gasteiger charge is -2.21. The average molecular weight is 115 g/mol. The molecule has 2 heteroatoms. The fraction of sp³-hybridized carbons (Fsp3) is 1.00. The minimum Gasteiger partial charge on any atom is -0.376 e. The molecule has 0 bridgehead atoms. The van der Waals surface area contributed by atoms with E-state index in [-0.39, 0.29) is 0 Å². The van der Waals surface area contributed by atoms with E-state index in [1.165, 1.54) is 0 Å². The quantitative estimate of drug-likeness (QED) is 0.533. The van der Waals surface area contributed by atoms with Gasteiger partial charge < -0.3 is 10.1 Å². The molecule has 1 rings (SSSR count). The Bertz CT molecular complexity index is 59.5. The van der Waals surface area contributed by atoms with Crippen LogP contribution in [0.15, 0.2) is 0 Å². The molecule has 1 fully saturated rings. The fourth-order valence-electron chi connectivity index (χ4n) is 0.882. The van der Waals surface area contributed by atoms with Crippen LogP contribution in [0.5, 0.6) is 0 Å². The smallest absolute Gasteiger partial charge is 0.0697 e. The summed E-state index contributed by atoms with van der Waals surface area (Å²) in [6.45, 7) is 5.10. The van der Waals surface area contributed by atoms with E-state index in [9.17, 15) is 0 Å². The van der Waals surface area contributed by atoms with Crippen molar-refractivity contribution in [1.29, 1.82) is 0 Å². The van der Waals surface area contributed by atoms with Gasteiger partial charge in [-0.05, 0) is 6.42 Å². The number of rotatable bonds is 1. The molecule has 1 N–H and O–H groups in total. The van der Waals surface area contributed by atoms with Gasteiger partial charge in [0, 0.05) is 13.1 Å². The Balaban J connectivity index is 2.13. The number of ether oxygens (including phenoxy) is 1. The Morgan fingerprint density at radius 1 is 1.75 bits per heavy atom. The summed E-state index contributed by atoms with van der Waals surface area (Å²) in [5.41, 5.74) is 0. The minimum absolute atomic E-state index is 0.476. The Hall–Kier alpha value is -0.0800. The zero-order chi connectivity index (χ0) is 5.82. The lowest BCUT2D eigenvalue weighted by Crippen LogP contribution is -2.37. The van der Waals surface area contributed by atoms with Crippen molar-refractivity contribution in [2.75, 3.05) is 19.7 Å². The molecule has 0 unspecified atom stereocenters. The Morgan fingerprint density at radius 3 is 3.00 bits per heavy atom. The van der Waals surface area contributed by atoms with E-state index < -0.39 is 0 Å². The number of hydrogen-bond acceptors (Lipinski definition) is 2. The minimum atomic E-state index is 0.476. The maximum absolute atomic E-state index is 5.36. The first-order chi connectivity index (χ1) is 3.93. The van der Waals surface area contributed by atoms with Crippen molar-refractivity contribution in [2.24, 2.45) is 0 Å². The van der Waals surface area contributed by atoms with Crippen LogP contribution in [-0.4, -0.2) is 25.8 Å². The van der Waals surface area contributed by atoms with Crippen LogP contribution < -0.4 is 5.32 Å². The molecule has 0 aromatic carbocycles. The van der Waals surface area contributed by atoms with Crippen LogP contribution in [0.3, 0.4) is 0 Å². The molecule has 1 atom stereocenters. The highest BCUT2D eigenvalue weighted by Gasteiger charge is 2.08. The second-order valence-corrected chi connectivity index (χ2v) is 2.11. The lowest BCUT2D eigenvalue weighted by atomic mass is 10.2. The van der Waals surface area contributed by atoms with Crippen LogP contribution in [-0.2, 0) is 4.74 Å². The second kappa shape index (κ2) is 3.05. The van der Waals surface area contributed by atoms with E-state index in [1.807, 2.05) is 0 Å². The molecule has 48 valence electrons. The van der Waals surface area contributed by atoms with E-state index in [2.05, 4.69) is 12.2 Å². The maximum Gasteiger partial charge on any atom is 0.0697 e. The largest absolute Gasteiger partial charge is 0.376 e. The molecule has 1 saturated heterocycles. The highest BCUT2D eigenvalue weighted by atomic mass is 16.5. The van der Waals surface area contributed by atoms with E-state index >= 15 is 0 Å². The zero-order valence-electron chi connectivity index (χ0n) is 5.31. The number of hydrogen-bond donors (Lipinski definition) is 1. The van der Waals surface area contributed by atoms with Gasteiger partial charge in [-0.1, -0.05) is 6.92 Å². The molecule has 0 aliphatic carbocycles. The maximum atomic E-state index is 5.36. The first-order valence-corrected chi connectivity index (χ1v) is 3.26. The van der Waals surface area contributed by atoms with Crippen LogP contribution in [0.4, 0.5) is 0 Å². The summed E-state index contributed by atoms with van der Waals surface area (Å²) >= 11 is 0. The van der Waals surface area contributed by atoms with Crippen molar-refractivity contribution in [1.82, 2.24) is 5.32 Å². The fourth-order valence-corrected chi connectivity index (χ4v) is 0.882. The van der Waals surface area contributed by atoms with Crippen LogP contribution in [0, 0.1) is 0 Å². The first-order valence-electron chi connectivity index (χ1n) is 3.26. The third-order valence-electron chi connectivity index (χ3n) is 1.46. The molecule has 0 amide bonds. The molecule has 0 aromatic heterocycles. The van der Waals surface area contributed by atoms with Gasteiger partial charge in [-0.3, -0.25) is 0 Å². The van der Waals surface area contributed by atoms with Crippen LogP contribution in [0.2, 0.25) is 0 Å². The number of morpholine rings is 1.